The summed E-state index contributed by atoms with van der Waals surface area (Å²) in [5.74, 6) is 0.317. The molecule has 1 saturated heterocycles. The lowest BCUT2D eigenvalue weighted by Crippen LogP contribution is -2.36. The number of phenols is 1. The lowest BCUT2D eigenvalue weighted by molar-refractivity contribution is -0.116. The van der Waals surface area contributed by atoms with Crippen molar-refractivity contribution in [2.45, 2.75) is 31.1 Å². The van der Waals surface area contributed by atoms with Crippen molar-refractivity contribution >= 4 is 56.7 Å². The number of fused-ring (bicyclic) bond motifs is 1. The minimum Gasteiger partial charge on any atom is -0.506 e. The Labute approximate surface area is 207 Å². The SMILES string of the molecule is O=P(O)(O)OC[C@H]1OC(Oc2c(Br)cc(Br)c(O)c2CNc2ncnc3nc[nH]c23)[C@H](O)[C@@H]1O. The van der Waals surface area contributed by atoms with Gasteiger partial charge in [-0.05, 0) is 37.9 Å². The third kappa shape index (κ3) is 5.35. The van der Waals surface area contributed by atoms with Crippen LogP contribution < -0.4 is 10.1 Å². The fourth-order valence-electron chi connectivity index (χ4n) is 3.24. The van der Waals surface area contributed by atoms with Gasteiger partial charge in [0.2, 0.25) is 6.29 Å². The molecule has 4 rings (SSSR count). The number of imidazole rings is 1. The van der Waals surface area contributed by atoms with Crippen molar-refractivity contribution in [3.63, 3.8) is 0 Å². The molecule has 1 unspecified atom stereocenters. The second kappa shape index (κ2) is 10.0. The zero-order valence-electron chi connectivity index (χ0n) is 16.9. The highest BCUT2D eigenvalue weighted by Crippen LogP contribution is 2.43. The van der Waals surface area contributed by atoms with E-state index in [2.05, 4.69) is 61.6 Å². The Balaban J connectivity index is 1.57. The maximum Gasteiger partial charge on any atom is 0.469 e. The van der Waals surface area contributed by atoms with E-state index in [1.807, 2.05) is 0 Å². The quantitative estimate of drug-likeness (QED) is 0.175. The van der Waals surface area contributed by atoms with E-state index in [0.29, 0.717) is 25.9 Å². The van der Waals surface area contributed by atoms with E-state index in [1.165, 1.54) is 18.7 Å². The fraction of sp³-hybridized carbons (Fsp3) is 0.353. The number of aromatic amines is 1. The molecule has 0 aliphatic carbocycles. The number of aliphatic hydroxyl groups is 2. The highest BCUT2D eigenvalue weighted by Gasteiger charge is 2.45. The van der Waals surface area contributed by atoms with E-state index in [1.54, 1.807) is 0 Å². The number of aromatic nitrogens is 4. The smallest absolute Gasteiger partial charge is 0.469 e. The average molecular weight is 627 g/mol. The molecule has 0 saturated carbocycles. The molecule has 7 N–H and O–H groups in total. The molecule has 14 nitrogen and oxygen atoms in total. The number of phosphoric acid groups is 1. The molecule has 1 aromatic carbocycles. The van der Waals surface area contributed by atoms with E-state index < -0.39 is 39.0 Å². The molecular formula is C17H18Br2N5O9P. The zero-order chi connectivity index (χ0) is 24.6. The molecule has 34 heavy (non-hydrogen) atoms. The predicted octanol–water partition coefficient (Wildman–Crippen LogP) is 1.13. The molecule has 1 fully saturated rings. The Morgan fingerprint density at radius 2 is 1.94 bits per heavy atom. The molecule has 17 heteroatoms. The number of nitrogens with zero attached hydrogens (tertiary/aromatic N) is 3. The molecule has 3 aromatic rings. The Bertz CT molecular complexity index is 1240. The normalized spacial score (nSPS) is 22.9. The number of H-pyrrole nitrogens is 1. The number of nitrogens with one attached hydrogen (secondary N) is 2. The van der Waals surface area contributed by atoms with Gasteiger partial charge in [0.05, 0.1) is 27.4 Å². The van der Waals surface area contributed by atoms with Crippen molar-refractivity contribution in [2.75, 3.05) is 11.9 Å². The van der Waals surface area contributed by atoms with Gasteiger partial charge in [0.1, 0.15) is 41.7 Å². The molecule has 0 bridgehead atoms. The number of hydrogen-bond acceptors (Lipinski definition) is 11. The maximum atomic E-state index is 10.9. The average Bonchev–Trinajstić information content (AvgIpc) is 3.36. The van der Waals surface area contributed by atoms with Crippen molar-refractivity contribution in [3.05, 3.63) is 33.2 Å². The number of phosphoric ester groups is 1. The van der Waals surface area contributed by atoms with Gasteiger partial charge in [0.25, 0.3) is 0 Å². The van der Waals surface area contributed by atoms with Crippen LogP contribution >= 0.6 is 39.7 Å². The number of anilines is 1. The molecule has 0 radical (unpaired) electrons. The summed E-state index contributed by atoms with van der Waals surface area (Å²) in [7, 11) is -4.81. The fourth-order valence-corrected chi connectivity index (χ4v) is 4.92. The minimum atomic E-state index is -4.81. The largest absolute Gasteiger partial charge is 0.506 e. The molecule has 1 aliphatic rings. The molecular weight excluding hydrogens is 609 g/mol. The van der Waals surface area contributed by atoms with Crippen LogP contribution in [0.1, 0.15) is 5.56 Å². The van der Waals surface area contributed by atoms with Crippen LogP contribution in [0.15, 0.2) is 27.7 Å². The first-order valence-electron chi connectivity index (χ1n) is 9.51. The molecule has 4 atom stereocenters. The van der Waals surface area contributed by atoms with E-state index in [-0.39, 0.29) is 23.6 Å². The number of phenolic OH excluding ortho intramolecular Hbond substituents is 1. The Hall–Kier alpha value is -1.88. The van der Waals surface area contributed by atoms with Gasteiger partial charge >= 0.3 is 7.82 Å². The van der Waals surface area contributed by atoms with E-state index in [4.69, 9.17) is 19.3 Å². The topological polar surface area (TPSA) is 212 Å². The van der Waals surface area contributed by atoms with E-state index >= 15 is 0 Å². The monoisotopic (exact) mass is 625 g/mol. The van der Waals surface area contributed by atoms with Crippen molar-refractivity contribution in [1.82, 2.24) is 19.9 Å². The summed E-state index contributed by atoms with van der Waals surface area (Å²) >= 11 is 6.60. The van der Waals surface area contributed by atoms with Crippen LogP contribution in [0.2, 0.25) is 0 Å². The summed E-state index contributed by atoms with van der Waals surface area (Å²) in [4.78, 5) is 32.9. The van der Waals surface area contributed by atoms with Gasteiger partial charge < -0.3 is 44.9 Å². The minimum absolute atomic E-state index is 0.000451. The number of ether oxygens (including phenoxy) is 2. The number of hydrogen-bond donors (Lipinski definition) is 7. The summed E-state index contributed by atoms with van der Waals surface area (Å²) in [5.41, 5.74) is 1.23. The molecule has 1 aliphatic heterocycles. The highest BCUT2D eigenvalue weighted by atomic mass is 79.9. The number of aromatic hydroxyl groups is 1. The standard InChI is InChI=1S/C17H18Br2N5O9P/c18-7-1-8(19)14(33-17-13(27)12(26)9(32-17)3-31-34(28,29)30)6(11(7)25)2-20-15-10-16(22-4-21-10)24-5-23-15/h1,4-5,9,12-13,17,25-27H,2-3H2,(H2,28,29,30)(H2,20,21,22,23,24)/t9-,12-,13-,17?/m1/s1. The van der Waals surface area contributed by atoms with Crippen LogP contribution in [-0.2, 0) is 20.4 Å². The molecule has 0 spiro atoms. The van der Waals surface area contributed by atoms with Gasteiger partial charge in [0, 0.05) is 6.54 Å². The first-order valence-corrected chi connectivity index (χ1v) is 12.6. The third-order valence-corrected chi connectivity index (χ3v) is 6.55. The lowest BCUT2D eigenvalue weighted by Gasteiger charge is -2.22. The maximum absolute atomic E-state index is 10.9. The van der Waals surface area contributed by atoms with Gasteiger partial charge in [-0.15, -0.1) is 0 Å². The number of halogens is 2. The van der Waals surface area contributed by atoms with E-state index in [0.717, 1.165) is 0 Å². The predicted molar refractivity (Wildman–Crippen MR) is 122 cm³/mol. The van der Waals surface area contributed by atoms with Crippen LogP contribution in [0.5, 0.6) is 11.5 Å². The van der Waals surface area contributed by atoms with E-state index in [9.17, 15) is 19.9 Å². The zero-order valence-corrected chi connectivity index (χ0v) is 20.9. The molecule has 3 heterocycles. The van der Waals surface area contributed by atoms with Crippen molar-refractivity contribution in [1.29, 1.82) is 0 Å². The summed E-state index contributed by atoms with van der Waals surface area (Å²) < 4.78 is 27.2. The summed E-state index contributed by atoms with van der Waals surface area (Å²) in [6, 6.07) is 1.51. The second-order valence-electron chi connectivity index (χ2n) is 7.10. The number of benzene rings is 1. The van der Waals surface area contributed by atoms with Crippen LogP contribution in [-0.4, -0.2) is 76.3 Å². The second-order valence-corrected chi connectivity index (χ2v) is 10.0. The summed E-state index contributed by atoms with van der Waals surface area (Å²) in [6.07, 6.45) is -3.04. The van der Waals surface area contributed by atoms with Crippen molar-refractivity contribution in [2.24, 2.45) is 0 Å². The Morgan fingerprint density at radius 1 is 1.18 bits per heavy atom. The molecule has 2 aromatic heterocycles. The Kier molecular flexibility index (Phi) is 7.42. The van der Waals surface area contributed by atoms with Gasteiger partial charge in [-0.2, -0.15) is 0 Å². The lowest BCUT2D eigenvalue weighted by atomic mass is 10.1. The van der Waals surface area contributed by atoms with Crippen LogP contribution in [0, 0.1) is 0 Å². The van der Waals surface area contributed by atoms with Gasteiger partial charge in [-0.1, -0.05) is 0 Å². The summed E-state index contributed by atoms with van der Waals surface area (Å²) in [5, 5.41) is 34.3. The molecule has 0 amide bonds. The van der Waals surface area contributed by atoms with Gasteiger partial charge in [0.15, 0.2) is 11.5 Å². The first kappa shape index (κ1) is 25.2. The third-order valence-electron chi connectivity index (χ3n) is 4.87. The van der Waals surface area contributed by atoms with Crippen molar-refractivity contribution < 1.29 is 43.7 Å². The van der Waals surface area contributed by atoms with Crippen LogP contribution in [0.4, 0.5) is 5.82 Å². The van der Waals surface area contributed by atoms with Gasteiger partial charge in [-0.25, -0.2) is 19.5 Å². The number of aliphatic hydroxyl groups excluding tert-OH is 2. The van der Waals surface area contributed by atoms with Crippen molar-refractivity contribution in [3.8, 4) is 11.5 Å². The van der Waals surface area contributed by atoms with Crippen LogP contribution in [0.25, 0.3) is 11.2 Å². The van der Waals surface area contributed by atoms with Gasteiger partial charge in [-0.3, -0.25) is 4.52 Å². The number of rotatable bonds is 8. The summed E-state index contributed by atoms with van der Waals surface area (Å²) in [6.45, 7) is -0.683. The highest BCUT2D eigenvalue weighted by molar-refractivity contribution is 9.11. The first-order chi connectivity index (χ1) is 16.0. The Morgan fingerprint density at radius 3 is 2.68 bits per heavy atom. The van der Waals surface area contributed by atoms with Crippen LogP contribution in [0.3, 0.4) is 0 Å². The molecule has 184 valence electrons.